The normalized spacial score (nSPS) is 11.8. The van der Waals surface area contributed by atoms with E-state index in [9.17, 15) is 24.3 Å². The number of nitrogens with zero attached hydrogens (tertiary/aromatic N) is 1. The summed E-state index contributed by atoms with van der Waals surface area (Å²) in [6.45, 7) is 6.25. The third-order valence-corrected chi connectivity index (χ3v) is 3.99. The molecule has 3 N–H and O–H groups in total. The van der Waals surface area contributed by atoms with Crippen molar-refractivity contribution in [3.63, 3.8) is 0 Å². The van der Waals surface area contributed by atoms with Gasteiger partial charge in [0.15, 0.2) is 0 Å². The van der Waals surface area contributed by atoms with E-state index in [4.69, 9.17) is 4.74 Å². The third kappa shape index (κ3) is 8.53. The molecule has 3 amide bonds. The van der Waals surface area contributed by atoms with E-state index in [0.29, 0.717) is 6.42 Å². The number of aromatic hydroxyl groups is 1. The van der Waals surface area contributed by atoms with Crippen LogP contribution in [0.4, 0.5) is 4.79 Å². The monoisotopic (exact) mass is 437 g/mol. The number of hydrogen-bond donors (Lipinski definition) is 3. The van der Waals surface area contributed by atoms with Gasteiger partial charge in [0, 0.05) is 12.1 Å². The Balaban J connectivity index is 3.13. The standard InChI is InChI=1S/C21H31N3O7/c1-6-11-24(16(26)12-23-20(29)31-21(2,3)4)18(14-9-7-8-10-15(14)25)19(28)22-13-17(27)30-5/h7-10,18,25H,6,11-13H2,1-5H3,(H,22,28)(H,23,29). The lowest BCUT2D eigenvalue weighted by Crippen LogP contribution is -2.48. The van der Waals surface area contributed by atoms with Gasteiger partial charge in [-0.25, -0.2) is 4.79 Å². The highest BCUT2D eigenvalue weighted by Crippen LogP contribution is 2.29. The number of ether oxygens (including phenoxy) is 2. The minimum atomic E-state index is -1.22. The first kappa shape index (κ1) is 25.7. The fraction of sp³-hybridized carbons (Fsp3) is 0.524. The van der Waals surface area contributed by atoms with E-state index in [1.807, 2.05) is 6.92 Å². The van der Waals surface area contributed by atoms with Gasteiger partial charge in [0.25, 0.3) is 0 Å². The van der Waals surface area contributed by atoms with Crippen molar-refractivity contribution < 1.29 is 33.8 Å². The van der Waals surface area contributed by atoms with E-state index in [-0.39, 0.29) is 17.9 Å². The lowest BCUT2D eigenvalue weighted by molar-refractivity contribution is -0.143. The summed E-state index contributed by atoms with van der Waals surface area (Å²) in [5, 5.41) is 15.1. The van der Waals surface area contributed by atoms with Gasteiger partial charge in [0.2, 0.25) is 11.8 Å². The molecule has 0 aliphatic carbocycles. The van der Waals surface area contributed by atoms with Crippen LogP contribution in [0.25, 0.3) is 0 Å². The predicted octanol–water partition coefficient (Wildman–Crippen LogP) is 1.49. The first-order chi connectivity index (χ1) is 14.5. The smallest absolute Gasteiger partial charge is 0.408 e. The molecule has 0 bridgehead atoms. The summed E-state index contributed by atoms with van der Waals surface area (Å²) < 4.78 is 9.65. The van der Waals surface area contributed by atoms with Gasteiger partial charge in [-0.2, -0.15) is 0 Å². The number of nitrogens with one attached hydrogen (secondary N) is 2. The van der Waals surface area contributed by atoms with Crippen molar-refractivity contribution >= 4 is 23.9 Å². The van der Waals surface area contributed by atoms with Crippen molar-refractivity contribution in [3.8, 4) is 5.75 Å². The van der Waals surface area contributed by atoms with Crippen molar-refractivity contribution in [1.29, 1.82) is 0 Å². The number of phenols is 1. The summed E-state index contributed by atoms with van der Waals surface area (Å²) in [7, 11) is 1.18. The Morgan fingerprint density at radius 2 is 1.74 bits per heavy atom. The van der Waals surface area contributed by atoms with E-state index in [1.54, 1.807) is 32.9 Å². The van der Waals surface area contributed by atoms with E-state index in [1.165, 1.54) is 24.1 Å². The summed E-state index contributed by atoms with van der Waals surface area (Å²) in [6, 6.07) is 4.87. The lowest BCUT2D eigenvalue weighted by Gasteiger charge is -2.31. The van der Waals surface area contributed by atoms with Crippen molar-refractivity contribution in [2.45, 2.75) is 45.8 Å². The Morgan fingerprint density at radius 1 is 1.10 bits per heavy atom. The van der Waals surface area contributed by atoms with Gasteiger partial charge in [-0.1, -0.05) is 25.1 Å². The van der Waals surface area contributed by atoms with Crippen LogP contribution in [-0.4, -0.2) is 66.2 Å². The molecule has 0 saturated heterocycles. The van der Waals surface area contributed by atoms with Crippen LogP contribution >= 0.6 is 0 Å². The summed E-state index contributed by atoms with van der Waals surface area (Å²) in [4.78, 5) is 50.4. The quantitative estimate of drug-likeness (QED) is 0.498. The van der Waals surface area contributed by atoms with E-state index in [0.717, 1.165) is 0 Å². The highest BCUT2D eigenvalue weighted by atomic mass is 16.6. The number of rotatable bonds is 9. The SMILES string of the molecule is CCCN(C(=O)CNC(=O)OC(C)(C)C)C(C(=O)NCC(=O)OC)c1ccccc1O. The number of carbonyl (C=O) groups excluding carboxylic acids is 4. The van der Waals surface area contributed by atoms with Crippen LogP contribution in [0.5, 0.6) is 5.75 Å². The number of hydrogen-bond acceptors (Lipinski definition) is 7. The molecule has 0 heterocycles. The molecule has 1 aromatic rings. The Labute approximate surface area is 181 Å². The number of esters is 1. The molecule has 0 fully saturated rings. The van der Waals surface area contributed by atoms with Gasteiger partial charge in [-0.05, 0) is 33.3 Å². The van der Waals surface area contributed by atoms with Crippen LogP contribution < -0.4 is 10.6 Å². The average molecular weight is 437 g/mol. The average Bonchev–Trinajstić information content (AvgIpc) is 2.69. The van der Waals surface area contributed by atoms with E-state index < -0.39 is 48.6 Å². The maximum absolute atomic E-state index is 12.9. The molecule has 1 rings (SSSR count). The molecule has 0 aliphatic heterocycles. The first-order valence-electron chi connectivity index (χ1n) is 9.88. The minimum absolute atomic E-state index is 0.166. The molecule has 1 atom stereocenters. The number of phenolic OH excluding ortho intramolecular Hbond substituents is 1. The molecule has 0 saturated carbocycles. The van der Waals surface area contributed by atoms with Gasteiger partial charge in [0.1, 0.15) is 30.5 Å². The molecule has 0 aromatic heterocycles. The van der Waals surface area contributed by atoms with Crippen LogP contribution in [0.3, 0.4) is 0 Å². The van der Waals surface area contributed by atoms with Crippen LogP contribution in [0.1, 0.15) is 45.7 Å². The molecular formula is C21H31N3O7. The molecule has 172 valence electrons. The fourth-order valence-corrected chi connectivity index (χ4v) is 2.70. The zero-order valence-corrected chi connectivity index (χ0v) is 18.6. The Hall–Kier alpha value is -3.30. The van der Waals surface area contributed by atoms with Gasteiger partial charge in [0.05, 0.1) is 7.11 Å². The number of amides is 3. The van der Waals surface area contributed by atoms with E-state index >= 15 is 0 Å². The second-order valence-corrected chi connectivity index (χ2v) is 7.70. The number of methoxy groups -OCH3 is 1. The number of alkyl carbamates (subject to hydrolysis) is 1. The van der Waals surface area contributed by atoms with Crippen LogP contribution in [0, 0.1) is 0 Å². The highest BCUT2D eigenvalue weighted by Gasteiger charge is 2.33. The summed E-state index contributed by atoms with van der Waals surface area (Å²) in [6.07, 6.45) is -0.265. The number of benzene rings is 1. The maximum atomic E-state index is 12.9. The van der Waals surface area contributed by atoms with Crippen LogP contribution in [-0.2, 0) is 23.9 Å². The Bertz CT molecular complexity index is 789. The van der Waals surface area contributed by atoms with E-state index in [2.05, 4.69) is 15.4 Å². The molecule has 10 nitrogen and oxygen atoms in total. The lowest BCUT2D eigenvalue weighted by atomic mass is 10.0. The third-order valence-electron chi connectivity index (χ3n) is 3.99. The molecule has 0 aliphatic rings. The highest BCUT2D eigenvalue weighted by molar-refractivity contribution is 5.92. The second-order valence-electron chi connectivity index (χ2n) is 7.70. The largest absolute Gasteiger partial charge is 0.508 e. The molecule has 10 heteroatoms. The molecule has 1 aromatic carbocycles. The molecule has 0 spiro atoms. The van der Waals surface area contributed by atoms with Crippen molar-refractivity contribution in [2.24, 2.45) is 0 Å². The molecular weight excluding hydrogens is 406 g/mol. The van der Waals surface area contributed by atoms with Crippen molar-refractivity contribution in [2.75, 3.05) is 26.7 Å². The molecule has 31 heavy (non-hydrogen) atoms. The molecule has 1 unspecified atom stereocenters. The van der Waals surface area contributed by atoms with Crippen molar-refractivity contribution in [3.05, 3.63) is 29.8 Å². The molecule has 0 radical (unpaired) electrons. The van der Waals surface area contributed by atoms with Gasteiger partial charge in [-0.15, -0.1) is 0 Å². The topological polar surface area (TPSA) is 134 Å². The number of para-hydroxylation sites is 1. The maximum Gasteiger partial charge on any atom is 0.408 e. The second kappa shape index (κ2) is 11.8. The fourth-order valence-electron chi connectivity index (χ4n) is 2.70. The van der Waals surface area contributed by atoms with Crippen molar-refractivity contribution in [1.82, 2.24) is 15.5 Å². The van der Waals surface area contributed by atoms with Gasteiger partial charge in [-0.3, -0.25) is 14.4 Å². The summed E-state index contributed by atoms with van der Waals surface area (Å²) in [5.41, 5.74) is -0.550. The Kier molecular flexibility index (Phi) is 9.78. The zero-order chi connectivity index (χ0) is 23.6. The Morgan fingerprint density at radius 3 is 2.29 bits per heavy atom. The van der Waals surface area contributed by atoms with Crippen LogP contribution in [0.15, 0.2) is 24.3 Å². The predicted molar refractivity (Wildman–Crippen MR) is 112 cm³/mol. The van der Waals surface area contributed by atoms with Gasteiger partial charge < -0.3 is 30.1 Å². The number of carbonyl (C=O) groups is 4. The summed E-state index contributed by atoms with van der Waals surface area (Å²) in [5.74, 6) is -2.08. The summed E-state index contributed by atoms with van der Waals surface area (Å²) >= 11 is 0. The minimum Gasteiger partial charge on any atom is -0.508 e. The van der Waals surface area contributed by atoms with Gasteiger partial charge >= 0.3 is 12.1 Å². The zero-order valence-electron chi connectivity index (χ0n) is 18.6. The van der Waals surface area contributed by atoms with Crippen LogP contribution in [0.2, 0.25) is 0 Å². The first-order valence-corrected chi connectivity index (χ1v) is 9.88.